The summed E-state index contributed by atoms with van der Waals surface area (Å²) in [4.78, 5) is 13.4. The molecule has 4 aliphatic rings. The van der Waals surface area contributed by atoms with E-state index in [2.05, 4.69) is 5.32 Å². The van der Waals surface area contributed by atoms with E-state index < -0.39 is 33.9 Å². The maximum absolute atomic E-state index is 13.8. The Balaban J connectivity index is 1.18. The Morgan fingerprint density at radius 1 is 1.05 bits per heavy atom. The number of hydrogen-bond donors (Lipinski definition) is 3. The molecule has 6 rings (SSSR count). The number of aliphatic hydroxyl groups is 2. The number of nitrogens with one attached hydrogen (secondary N) is 1. The molecule has 2 aromatic carbocycles. The minimum atomic E-state index is -3.98. The van der Waals surface area contributed by atoms with Crippen LogP contribution in [0.1, 0.15) is 44.2 Å². The fourth-order valence-corrected chi connectivity index (χ4v) is 8.44. The molecule has 4 fully saturated rings. The van der Waals surface area contributed by atoms with E-state index in [1.807, 2.05) is 44.2 Å². The quantitative estimate of drug-likeness (QED) is 0.332. The Bertz CT molecular complexity index is 1380. The summed E-state index contributed by atoms with van der Waals surface area (Å²) in [5, 5.41) is 24.8. The first kappa shape index (κ1) is 30.5. The van der Waals surface area contributed by atoms with Crippen LogP contribution in [-0.4, -0.2) is 79.9 Å². The Morgan fingerprint density at radius 3 is 2.42 bits per heavy atom. The van der Waals surface area contributed by atoms with Gasteiger partial charge in [0.15, 0.2) is 6.29 Å². The summed E-state index contributed by atoms with van der Waals surface area (Å²) < 4.78 is 46.4. The molecule has 2 saturated heterocycles. The Labute approximate surface area is 253 Å². The molecule has 2 aromatic rings. The second-order valence-corrected chi connectivity index (χ2v) is 14.9. The van der Waals surface area contributed by atoms with Crippen LogP contribution in [0, 0.1) is 23.7 Å². The van der Waals surface area contributed by atoms with Crippen molar-refractivity contribution in [3.05, 3.63) is 65.7 Å². The number of ether oxygens (including phenoxy) is 3. The SMILES string of the molecule is CC(C)CN(C[C@@H](O)[C@H](Cc1ccccc1)NC(=O)OC1C2COC3OCC1C3C2)S(=O)(=O)c1ccc(C2(O)CC2)cc1. The molecule has 3 N–H and O–H groups in total. The standard InChI is InChI=1S/C32H42N2O8S/c1-20(2)16-34(43(38,39)24-10-8-23(9-11-24)32(37)12-13-32)17-28(35)27(14-21-6-4-3-5-7-21)33-31(36)42-29-22-15-25-26(29)19-41-30(25)40-18-22/h3-11,20,22,25-30,35,37H,12-19H2,1-2H3,(H,33,36)/t22?,25?,26?,27-,28+,29?,30?/m0/s1. The van der Waals surface area contributed by atoms with E-state index in [0.29, 0.717) is 31.6 Å². The Hall–Kier alpha value is -2.54. The zero-order valence-corrected chi connectivity index (χ0v) is 25.5. The molecule has 11 heteroatoms. The van der Waals surface area contributed by atoms with Gasteiger partial charge in [-0.05, 0) is 54.9 Å². The summed E-state index contributed by atoms with van der Waals surface area (Å²) in [6, 6.07) is 15.0. The molecule has 5 unspecified atom stereocenters. The number of hydrogen-bond acceptors (Lipinski definition) is 8. The average molecular weight is 615 g/mol. The van der Waals surface area contributed by atoms with Gasteiger partial charge >= 0.3 is 6.09 Å². The lowest BCUT2D eigenvalue weighted by molar-refractivity contribution is -0.169. The molecule has 2 aliphatic carbocycles. The van der Waals surface area contributed by atoms with Crippen LogP contribution in [0.4, 0.5) is 4.79 Å². The molecule has 0 radical (unpaired) electrons. The van der Waals surface area contributed by atoms with Gasteiger partial charge in [0.2, 0.25) is 10.0 Å². The highest BCUT2D eigenvalue weighted by Gasteiger charge is 2.56. The molecule has 2 saturated carbocycles. The summed E-state index contributed by atoms with van der Waals surface area (Å²) in [7, 11) is -3.98. The van der Waals surface area contributed by atoms with Gasteiger partial charge in [-0.2, -0.15) is 4.31 Å². The van der Waals surface area contributed by atoms with Crippen LogP contribution in [-0.2, 0) is 36.3 Å². The Morgan fingerprint density at radius 2 is 1.74 bits per heavy atom. The first-order valence-corrected chi connectivity index (χ1v) is 16.7. The first-order chi connectivity index (χ1) is 20.5. The maximum Gasteiger partial charge on any atom is 0.407 e. The smallest absolute Gasteiger partial charge is 0.407 e. The molecule has 2 heterocycles. The number of fused-ring (bicyclic) bond motifs is 1. The van der Waals surface area contributed by atoms with Crippen LogP contribution < -0.4 is 5.32 Å². The summed E-state index contributed by atoms with van der Waals surface area (Å²) in [5.41, 5.74) is 0.721. The van der Waals surface area contributed by atoms with Crippen LogP contribution in [0.2, 0.25) is 0 Å². The largest absolute Gasteiger partial charge is 0.445 e. The molecule has 43 heavy (non-hydrogen) atoms. The minimum absolute atomic E-state index is 0.0136. The van der Waals surface area contributed by atoms with E-state index in [-0.39, 0.29) is 60.5 Å². The van der Waals surface area contributed by atoms with E-state index in [0.717, 1.165) is 12.0 Å². The van der Waals surface area contributed by atoms with Crippen molar-refractivity contribution in [1.29, 1.82) is 0 Å². The highest BCUT2D eigenvalue weighted by molar-refractivity contribution is 7.89. The van der Waals surface area contributed by atoms with E-state index in [4.69, 9.17) is 14.2 Å². The molecule has 1 amide bonds. The summed E-state index contributed by atoms with van der Waals surface area (Å²) in [6.07, 6.45) is 0.0723. The Kier molecular flexibility index (Phi) is 8.58. The topological polar surface area (TPSA) is 135 Å². The molecule has 2 aliphatic heterocycles. The van der Waals surface area contributed by atoms with Crippen molar-refractivity contribution in [3.63, 3.8) is 0 Å². The third kappa shape index (κ3) is 6.48. The van der Waals surface area contributed by atoms with Crippen LogP contribution in [0.15, 0.2) is 59.5 Å². The monoisotopic (exact) mass is 614 g/mol. The number of sulfonamides is 1. The second-order valence-electron chi connectivity index (χ2n) is 13.0. The predicted octanol–water partition coefficient (Wildman–Crippen LogP) is 3.02. The third-order valence-electron chi connectivity index (χ3n) is 9.31. The van der Waals surface area contributed by atoms with Crippen LogP contribution in [0.3, 0.4) is 0 Å². The zero-order chi connectivity index (χ0) is 30.4. The number of rotatable bonds is 12. The number of amides is 1. The summed E-state index contributed by atoms with van der Waals surface area (Å²) >= 11 is 0. The summed E-state index contributed by atoms with van der Waals surface area (Å²) in [5.74, 6) is 0.398. The van der Waals surface area contributed by atoms with Gasteiger partial charge in [0, 0.05) is 30.8 Å². The number of carbonyl (C=O) groups is 1. The van der Waals surface area contributed by atoms with Gasteiger partial charge in [0.1, 0.15) is 6.10 Å². The van der Waals surface area contributed by atoms with E-state index in [1.54, 1.807) is 12.1 Å². The van der Waals surface area contributed by atoms with Gasteiger partial charge in [-0.1, -0.05) is 56.3 Å². The van der Waals surface area contributed by atoms with Gasteiger partial charge in [-0.25, -0.2) is 13.2 Å². The van der Waals surface area contributed by atoms with Crippen molar-refractivity contribution < 1.29 is 37.6 Å². The highest BCUT2D eigenvalue weighted by Crippen LogP contribution is 2.49. The lowest BCUT2D eigenvalue weighted by Crippen LogP contribution is -2.52. The van der Waals surface area contributed by atoms with Gasteiger partial charge in [0.05, 0.1) is 35.9 Å². The van der Waals surface area contributed by atoms with Gasteiger partial charge in [-0.15, -0.1) is 0 Å². The third-order valence-corrected chi connectivity index (χ3v) is 11.2. The van der Waals surface area contributed by atoms with Gasteiger partial charge < -0.3 is 29.7 Å². The lowest BCUT2D eigenvalue weighted by Gasteiger charge is -2.31. The van der Waals surface area contributed by atoms with Crippen LogP contribution in [0.5, 0.6) is 0 Å². The average Bonchev–Trinajstić information content (AvgIpc) is 3.50. The molecular formula is C32H42N2O8S. The molecule has 2 bridgehead atoms. The highest BCUT2D eigenvalue weighted by atomic mass is 32.2. The van der Waals surface area contributed by atoms with Crippen LogP contribution >= 0.6 is 0 Å². The first-order valence-electron chi connectivity index (χ1n) is 15.3. The number of alkyl carbamates (subject to hydrolysis) is 1. The zero-order valence-electron chi connectivity index (χ0n) is 24.7. The maximum atomic E-state index is 13.8. The van der Waals surface area contributed by atoms with Crippen LogP contribution in [0.25, 0.3) is 0 Å². The lowest BCUT2D eigenvalue weighted by atomic mass is 9.98. The van der Waals surface area contributed by atoms with Crippen molar-refractivity contribution in [2.45, 2.75) is 74.6 Å². The fraction of sp³-hybridized carbons (Fsp3) is 0.594. The minimum Gasteiger partial charge on any atom is -0.445 e. The number of nitrogens with zero attached hydrogens (tertiary/aromatic N) is 1. The normalized spacial score (nSPS) is 28.6. The second kappa shape index (κ2) is 12.1. The molecule has 234 valence electrons. The van der Waals surface area contributed by atoms with E-state index in [9.17, 15) is 23.4 Å². The molecule has 0 spiro atoms. The van der Waals surface area contributed by atoms with Gasteiger partial charge in [-0.3, -0.25) is 0 Å². The van der Waals surface area contributed by atoms with Crippen molar-refractivity contribution in [1.82, 2.24) is 9.62 Å². The molecule has 10 nitrogen and oxygen atoms in total. The van der Waals surface area contributed by atoms with Crippen molar-refractivity contribution >= 4 is 16.1 Å². The summed E-state index contributed by atoms with van der Waals surface area (Å²) in [6.45, 7) is 4.76. The van der Waals surface area contributed by atoms with Crippen molar-refractivity contribution in [3.8, 4) is 0 Å². The molecule has 0 aromatic heterocycles. The number of aliphatic hydroxyl groups excluding tert-OH is 1. The number of benzene rings is 2. The molecule has 7 atom stereocenters. The van der Waals surface area contributed by atoms with Gasteiger partial charge in [0.25, 0.3) is 0 Å². The predicted molar refractivity (Wildman–Crippen MR) is 157 cm³/mol. The van der Waals surface area contributed by atoms with E-state index >= 15 is 0 Å². The van der Waals surface area contributed by atoms with E-state index in [1.165, 1.54) is 16.4 Å². The van der Waals surface area contributed by atoms with Crippen molar-refractivity contribution in [2.24, 2.45) is 23.7 Å². The fourth-order valence-electron chi connectivity index (χ4n) is 6.82. The van der Waals surface area contributed by atoms with Crippen molar-refractivity contribution in [2.75, 3.05) is 26.3 Å². The molecular weight excluding hydrogens is 572 g/mol. The number of carbonyl (C=O) groups excluding carboxylic acids is 1.